The molecule has 1 heterocycles. The minimum atomic E-state index is 0.408. The van der Waals surface area contributed by atoms with Crippen molar-refractivity contribution < 1.29 is 4.74 Å². The second-order valence-corrected chi connectivity index (χ2v) is 4.72. The van der Waals surface area contributed by atoms with Crippen LogP contribution >= 0.6 is 11.6 Å². The first-order chi connectivity index (χ1) is 6.77. The molecule has 0 amide bonds. The number of benzene rings is 1. The highest BCUT2D eigenvalue weighted by atomic mass is 35.5. The van der Waals surface area contributed by atoms with Crippen LogP contribution in [0.25, 0.3) is 0 Å². The average Bonchev–Trinajstić information content (AvgIpc) is 2.96. The summed E-state index contributed by atoms with van der Waals surface area (Å²) in [5, 5.41) is 4.17. The first kappa shape index (κ1) is 8.42. The van der Waals surface area contributed by atoms with Gasteiger partial charge in [-0.1, -0.05) is 11.6 Å². The van der Waals surface area contributed by atoms with E-state index in [1.165, 1.54) is 12.8 Å². The molecule has 0 saturated heterocycles. The number of fused-ring (bicyclic) bond motifs is 1. The van der Waals surface area contributed by atoms with Gasteiger partial charge in [-0.3, -0.25) is 0 Å². The number of rotatable bonds is 0. The van der Waals surface area contributed by atoms with E-state index in [0.29, 0.717) is 5.41 Å². The summed E-state index contributed by atoms with van der Waals surface area (Å²) in [5.41, 5.74) is 1.44. The van der Waals surface area contributed by atoms with Crippen LogP contribution in [0.5, 0.6) is 5.75 Å². The van der Waals surface area contributed by atoms with Crippen LogP contribution in [0.2, 0.25) is 5.02 Å². The smallest absolute Gasteiger partial charge is 0.142 e. The van der Waals surface area contributed by atoms with Crippen molar-refractivity contribution in [1.29, 1.82) is 0 Å². The van der Waals surface area contributed by atoms with Crippen molar-refractivity contribution >= 4 is 17.3 Å². The summed E-state index contributed by atoms with van der Waals surface area (Å²) in [6.07, 6.45) is 2.56. The van der Waals surface area contributed by atoms with Gasteiger partial charge in [-0.2, -0.15) is 0 Å². The first-order valence-corrected chi connectivity index (χ1v) is 5.32. The van der Waals surface area contributed by atoms with Gasteiger partial charge in [-0.25, -0.2) is 0 Å². The van der Waals surface area contributed by atoms with Gasteiger partial charge >= 0.3 is 0 Å². The summed E-state index contributed by atoms with van der Waals surface area (Å²) >= 11 is 5.92. The van der Waals surface area contributed by atoms with Crippen molar-refractivity contribution in [1.82, 2.24) is 0 Å². The zero-order valence-electron chi connectivity index (χ0n) is 7.85. The minimum absolute atomic E-state index is 0.408. The van der Waals surface area contributed by atoms with Crippen LogP contribution in [-0.4, -0.2) is 13.2 Å². The van der Waals surface area contributed by atoms with E-state index in [9.17, 15) is 0 Å². The van der Waals surface area contributed by atoms with Gasteiger partial charge < -0.3 is 10.1 Å². The molecule has 1 aliphatic heterocycles. The summed E-state index contributed by atoms with van der Waals surface area (Å²) < 4.78 is 5.76. The topological polar surface area (TPSA) is 21.3 Å². The normalized spacial score (nSPS) is 21.8. The zero-order valence-corrected chi connectivity index (χ0v) is 8.60. The molecule has 1 spiro atoms. The van der Waals surface area contributed by atoms with Gasteiger partial charge in [-0.15, -0.1) is 0 Å². The Balaban J connectivity index is 1.93. The Labute approximate surface area is 88.2 Å². The minimum Gasteiger partial charge on any atom is -0.491 e. The molecule has 0 unspecified atom stereocenters. The van der Waals surface area contributed by atoms with Crippen molar-refractivity contribution in [3.63, 3.8) is 0 Å². The fourth-order valence-electron chi connectivity index (χ4n) is 1.83. The van der Waals surface area contributed by atoms with Crippen LogP contribution in [0.15, 0.2) is 18.2 Å². The number of hydrogen-bond acceptors (Lipinski definition) is 2. The highest BCUT2D eigenvalue weighted by Gasteiger charge is 2.44. The molecule has 1 N–H and O–H groups in total. The molecule has 1 fully saturated rings. The predicted molar refractivity (Wildman–Crippen MR) is 57.1 cm³/mol. The molecule has 74 valence electrons. The monoisotopic (exact) mass is 209 g/mol. The Morgan fingerprint density at radius 2 is 2.21 bits per heavy atom. The van der Waals surface area contributed by atoms with Crippen molar-refractivity contribution in [2.75, 3.05) is 18.5 Å². The Kier molecular flexibility index (Phi) is 1.68. The number of nitrogens with one attached hydrogen (secondary N) is 1. The van der Waals surface area contributed by atoms with Crippen LogP contribution in [0.1, 0.15) is 12.8 Å². The van der Waals surface area contributed by atoms with E-state index in [0.717, 1.165) is 29.6 Å². The molecule has 3 rings (SSSR count). The van der Waals surface area contributed by atoms with Gasteiger partial charge in [0.1, 0.15) is 5.75 Å². The van der Waals surface area contributed by atoms with Crippen molar-refractivity contribution in [3.8, 4) is 5.75 Å². The van der Waals surface area contributed by atoms with Gasteiger partial charge in [0.2, 0.25) is 0 Å². The standard InChI is InChI=1S/C11H12ClNO/c12-8-1-2-10-9(5-8)13-6-11(3-4-11)7-14-10/h1-2,5,13H,3-4,6-7H2. The fourth-order valence-corrected chi connectivity index (χ4v) is 2.00. The van der Waals surface area contributed by atoms with Gasteiger partial charge in [0.15, 0.2) is 0 Å². The molecule has 14 heavy (non-hydrogen) atoms. The summed E-state index contributed by atoms with van der Waals surface area (Å²) in [5.74, 6) is 0.929. The van der Waals surface area contributed by atoms with Gasteiger partial charge in [0.05, 0.1) is 12.3 Å². The van der Waals surface area contributed by atoms with E-state index < -0.39 is 0 Å². The van der Waals surface area contributed by atoms with Crippen LogP contribution in [0.4, 0.5) is 5.69 Å². The third kappa shape index (κ3) is 1.34. The Morgan fingerprint density at radius 3 is 3.00 bits per heavy atom. The molecule has 3 heteroatoms. The fraction of sp³-hybridized carbons (Fsp3) is 0.455. The number of anilines is 1. The van der Waals surface area contributed by atoms with Crippen LogP contribution in [0.3, 0.4) is 0 Å². The van der Waals surface area contributed by atoms with Crippen molar-refractivity contribution in [3.05, 3.63) is 23.2 Å². The molecular formula is C11H12ClNO. The lowest BCUT2D eigenvalue weighted by molar-refractivity contribution is 0.251. The van der Waals surface area contributed by atoms with Gasteiger partial charge in [0, 0.05) is 17.0 Å². The highest BCUT2D eigenvalue weighted by Crippen LogP contribution is 2.48. The SMILES string of the molecule is Clc1ccc2c(c1)NCC1(CC1)CO2. The van der Waals surface area contributed by atoms with E-state index in [-0.39, 0.29) is 0 Å². The van der Waals surface area contributed by atoms with E-state index in [4.69, 9.17) is 16.3 Å². The van der Waals surface area contributed by atoms with Crippen LogP contribution < -0.4 is 10.1 Å². The van der Waals surface area contributed by atoms with Crippen LogP contribution in [-0.2, 0) is 0 Å². The number of halogens is 1. The second-order valence-electron chi connectivity index (χ2n) is 4.28. The molecular weight excluding hydrogens is 198 g/mol. The Morgan fingerprint density at radius 1 is 1.36 bits per heavy atom. The Bertz CT molecular complexity index is 374. The maximum atomic E-state index is 5.92. The highest BCUT2D eigenvalue weighted by molar-refractivity contribution is 6.30. The molecule has 2 nitrogen and oxygen atoms in total. The van der Waals surface area contributed by atoms with Gasteiger partial charge in [0.25, 0.3) is 0 Å². The van der Waals surface area contributed by atoms with E-state index in [1.807, 2.05) is 18.2 Å². The number of ether oxygens (including phenoxy) is 1. The van der Waals surface area contributed by atoms with Crippen molar-refractivity contribution in [2.45, 2.75) is 12.8 Å². The van der Waals surface area contributed by atoms with Gasteiger partial charge in [-0.05, 0) is 31.0 Å². The molecule has 0 radical (unpaired) electrons. The van der Waals surface area contributed by atoms with E-state index >= 15 is 0 Å². The lowest BCUT2D eigenvalue weighted by Crippen LogP contribution is -2.18. The maximum absolute atomic E-state index is 5.92. The molecule has 1 saturated carbocycles. The predicted octanol–water partition coefficient (Wildman–Crippen LogP) is 2.92. The summed E-state index contributed by atoms with van der Waals surface area (Å²) in [4.78, 5) is 0. The largest absolute Gasteiger partial charge is 0.491 e. The summed E-state index contributed by atoms with van der Waals surface area (Å²) in [6, 6.07) is 5.73. The summed E-state index contributed by atoms with van der Waals surface area (Å²) in [6.45, 7) is 1.86. The molecule has 1 aromatic rings. The van der Waals surface area contributed by atoms with Crippen molar-refractivity contribution in [2.24, 2.45) is 5.41 Å². The van der Waals surface area contributed by atoms with E-state index in [1.54, 1.807) is 0 Å². The quantitative estimate of drug-likeness (QED) is 0.710. The molecule has 0 aromatic heterocycles. The molecule has 0 atom stereocenters. The molecule has 1 aliphatic carbocycles. The molecule has 0 bridgehead atoms. The zero-order chi connectivity index (χ0) is 9.60. The third-order valence-electron chi connectivity index (χ3n) is 3.09. The molecule has 1 aromatic carbocycles. The number of hydrogen-bond donors (Lipinski definition) is 1. The maximum Gasteiger partial charge on any atom is 0.142 e. The lowest BCUT2D eigenvalue weighted by atomic mass is 10.1. The Hall–Kier alpha value is -0.890. The van der Waals surface area contributed by atoms with E-state index in [2.05, 4.69) is 5.32 Å². The summed E-state index contributed by atoms with van der Waals surface area (Å²) in [7, 11) is 0. The van der Waals surface area contributed by atoms with Crippen LogP contribution in [0, 0.1) is 5.41 Å². The second kappa shape index (κ2) is 2.80. The molecule has 2 aliphatic rings. The lowest BCUT2D eigenvalue weighted by Gasteiger charge is -2.09. The average molecular weight is 210 g/mol. The third-order valence-corrected chi connectivity index (χ3v) is 3.32. The first-order valence-electron chi connectivity index (χ1n) is 4.94.